The molecule has 0 spiro atoms. The maximum Gasteiger partial charge on any atom is 0.274 e. The van der Waals surface area contributed by atoms with E-state index in [1.165, 1.54) is 12.8 Å². The maximum atomic E-state index is 12.2. The van der Waals surface area contributed by atoms with Crippen LogP contribution in [0.3, 0.4) is 0 Å². The number of nitrogens with one attached hydrogen (secondary N) is 2. The number of sulfonamides is 1. The average molecular weight is 298 g/mol. The molecule has 2 aliphatic carbocycles. The van der Waals surface area contributed by atoms with E-state index >= 15 is 0 Å². The van der Waals surface area contributed by atoms with Gasteiger partial charge in [0.15, 0.2) is 0 Å². The Morgan fingerprint density at radius 1 is 1.35 bits per heavy atom. The van der Waals surface area contributed by atoms with Gasteiger partial charge in [-0.15, -0.1) is 0 Å². The van der Waals surface area contributed by atoms with Crippen molar-refractivity contribution in [1.29, 1.82) is 0 Å². The van der Waals surface area contributed by atoms with E-state index in [4.69, 9.17) is 4.42 Å². The third-order valence-corrected chi connectivity index (χ3v) is 5.29. The quantitative estimate of drug-likeness (QED) is 0.770. The van der Waals surface area contributed by atoms with Crippen molar-refractivity contribution in [2.24, 2.45) is 5.92 Å². The van der Waals surface area contributed by atoms with Crippen LogP contribution in [-0.2, 0) is 16.6 Å². The average Bonchev–Trinajstić information content (AvgIpc) is 3.29. The molecule has 5 nitrogen and oxygen atoms in total. The molecule has 2 saturated carbocycles. The topological polar surface area (TPSA) is 71.3 Å². The fourth-order valence-electron chi connectivity index (χ4n) is 2.47. The van der Waals surface area contributed by atoms with Gasteiger partial charge in [0.05, 0.1) is 6.54 Å². The summed E-state index contributed by atoms with van der Waals surface area (Å²) in [5.41, 5.74) is 0. The number of hydrogen-bond donors (Lipinski definition) is 2. The first kappa shape index (κ1) is 14.1. The third kappa shape index (κ3) is 3.42. The zero-order chi connectivity index (χ0) is 14.2. The molecule has 1 aromatic rings. The van der Waals surface area contributed by atoms with Gasteiger partial charge in [-0.2, -0.15) is 0 Å². The lowest BCUT2D eigenvalue weighted by molar-refractivity contribution is 0.399. The Morgan fingerprint density at radius 3 is 2.85 bits per heavy atom. The lowest BCUT2D eigenvalue weighted by atomic mass is 10.2. The van der Waals surface area contributed by atoms with Crippen LogP contribution in [0.5, 0.6) is 0 Å². The van der Waals surface area contributed by atoms with E-state index < -0.39 is 10.0 Å². The smallest absolute Gasteiger partial charge is 0.274 e. The first-order chi connectivity index (χ1) is 9.58. The van der Waals surface area contributed by atoms with Crippen molar-refractivity contribution >= 4 is 10.0 Å². The van der Waals surface area contributed by atoms with Crippen molar-refractivity contribution in [3.63, 3.8) is 0 Å². The van der Waals surface area contributed by atoms with Gasteiger partial charge in [-0.25, -0.2) is 13.1 Å². The minimum absolute atomic E-state index is 0.0345. The van der Waals surface area contributed by atoms with E-state index in [1.807, 2.05) is 0 Å². The molecule has 0 aromatic carbocycles. The van der Waals surface area contributed by atoms with Gasteiger partial charge in [-0.05, 0) is 43.7 Å². The van der Waals surface area contributed by atoms with Gasteiger partial charge in [-0.1, -0.05) is 13.3 Å². The molecule has 6 heteroatoms. The van der Waals surface area contributed by atoms with Crippen LogP contribution in [0.15, 0.2) is 21.6 Å². The second-order valence-corrected chi connectivity index (χ2v) is 7.53. The molecule has 1 aromatic heterocycles. The summed E-state index contributed by atoms with van der Waals surface area (Å²) in [6, 6.07) is 3.96. The molecule has 2 atom stereocenters. The van der Waals surface area contributed by atoms with Crippen molar-refractivity contribution in [1.82, 2.24) is 10.0 Å². The molecular formula is C14H22N2O3S. The summed E-state index contributed by atoms with van der Waals surface area (Å²) >= 11 is 0. The predicted octanol–water partition coefficient (Wildman–Crippen LogP) is 2.00. The molecule has 0 bridgehead atoms. The van der Waals surface area contributed by atoms with Crippen LogP contribution in [0.25, 0.3) is 0 Å². The molecule has 2 aliphatic rings. The van der Waals surface area contributed by atoms with Crippen molar-refractivity contribution in [3.8, 4) is 0 Å². The molecule has 0 saturated heterocycles. The summed E-state index contributed by atoms with van der Waals surface area (Å²) in [6.07, 6.45) is 5.54. The second kappa shape index (κ2) is 5.50. The molecule has 3 rings (SSSR count). The molecular weight excluding hydrogens is 276 g/mol. The second-order valence-electron chi connectivity index (χ2n) is 5.89. The van der Waals surface area contributed by atoms with Crippen LogP contribution in [-0.4, -0.2) is 20.5 Å². The van der Waals surface area contributed by atoms with E-state index in [-0.39, 0.29) is 11.1 Å². The highest BCUT2D eigenvalue weighted by Gasteiger charge is 2.40. The Labute approximate surface area is 120 Å². The predicted molar refractivity (Wildman–Crippen MR) is 75.7 cm³/mol. The van der Waals surface area contributed by atoms with Crippen molar-refractivity contribution < 1.29 is 12.8 Å². The Kier molecular flexibility index (Phi) is 3.88. The van der Waals surface area contributed by atoms with Crippen LogP contribution in [0.4, 0.5) is 0 Å². The largest absolute Gasteiger partial charge is 0.447 e. The summed E-state index contributed by atoms with van der Waals surface area (Å²) in [7, 11) is -3.49. The van der Waals surface area contributed by atoms with Gasteiger partial charge in [0, 0.05) is 12.1 Å². The Morgan fingerprint density at radius 2 is 2.15 bits per heavy atom. The Hall–Kier alpha value is -0.850. The molecule has 2 N–H and O–H groups in total. The molecule has 2 unspecified atom stereocenters. The van der Waals surface area contributed by atoms with Gasteiger partial charge in [0.2, 0.25) is 5.09 Å². The van der Waals surface area contributed by atoms with E-state index in [0.717, 1.165) is 19.3 Å². The summed E-state index contributed by atoms with van der Waals surface area (Å²) in [6.45, 7) is 2.72. The number of furan rings is 1. The summed E-state index contributed by atoms with van der Waals surface area (Å²) in [5.74, 6) is 1.18. The lowest BCUT2D eigenvalue weighted by Gasteiger charge is -2.03. The number of hydrogen-bond acceptors (Lipinski definition) is 4. The zero-order valence-corrected chi connectivity index (χ0v) is 12.6. The standard InChI is InChI=1S/C14H22N2O3S/c1-2-3-10-8-13(10)16-20(17,18)14-7-6-12(19-14)9-15-11-4-5-11/h6-7,10-11,13,15-16H,2-5,8-9H2,1H3. The van der Waals surface area contributed by atoms with E-state index in [9.17, 15) is 8.42 Å². The molecule has 1 heterocycles. The van der Waals surface area contributed by atoms with Gasteiger partial charge >= 0.3 is 0 Å². The van der Waals surface area contributed by atoms with Crippen LogP contribution in [0.1, 0.15) is 44.8 Å². The summed E-state index contributed by atoms with van der Waals surface area (Å²) in [4.78, 5) is 0. The highest BCUT2D eigenvalue weighted by molar-refractivity contribution is 7.89. The minimum atomic E-state index is -3.49. The van der Waals surface area contributed by atoms with Crippen molar-refractivity contribution in [2.45, 2.75) is 62.7 Å². The van der Waals surface area contributed by atoms with Crippen LogP contribution in [0.2, 0.25) is 0 Å². The minimum Gasteiger partial charge on any atom is -0.447 e. The number of rotatable bonds is 8. The first-order valence-corrected chi connectivity index (χ1v) is 8.91. The van der Waals surface area contributed by atoms with E-state index in [2.05, 4.69) is 17.0 Å². The highest BCUT2D eigenvalue weighted by Crippen LogP contribution is 2.35. The fourth-order valence-corrected chi connectivity index (χ4v) is 3.74. The van der Waals surface area contributed by atoms with Gasteiger partial charge in [0.25, 0.3) is 10.0 Å². The molecule has 2 fully saturated rings. The van der Waals surface area contributed by atoms with Gasteiger partial charge < -0.3 is 9.73 Å². The summed E-state index contributed by atoms with van der Waals surface area (Å²) < 4.78 is 32.5. The molecule has 20 heavy (non-hydrogen) atoms. The fraction of sp³-hybridized carbons (Fsp3) is 0.714. The third-order valence-electron chi connectivity index (χ3n) is 3.93. The van der Waals surface area contributed by atoms with E-state index in [1.54, 1.807) is 12.1 Å². The zero-order valence-electron chi connectivity index (χ0n) is 11.8. The highest BCUT2D eigenvalue weighted by atomic mass is 32.2. The SMILES string of the molecule is CCCC1CC1NS(=O)(=O)c1ccc(CNC2CC2)o1. The lowest BCUT2D eigenvalue weighted by Crippen LogP contribution is -2.26. The van der Waals surface area contributed by atoms with Crippen molar-refractivity contribution in [3.05, 3.63) is 17.9 Å². The molecule has 0 aliphatic heterocycles. The van der Waals surface area contributed by atoms with Gasteiger partial charge in [0.1, 0.15) is 5.76 Å². The van der Waals surface area contributed by atoms with Crippen molar-refractivity contribution in [2.75, 3.05) is 0 Å². The Bertz CT molecular complexity index is 563. The normalized spacial score (nSPS) is 25.9. The van der Waals surface area contributed by atoms with Gasteiger partial charge in [-0.3, -0.25) is 0 Å². The van der Waals surface area contributed by atoms with Crippen LogP contribution >= 0.6 is 0 Å². The van der Waals surface area contributed by atoms with Crippen LogP contribution < -0.4 is 10.0 Å². The molecule has 112 valence electrons. The van der Waals surface area contributed by atoms with Crippen LogP contribution in [0, 0.1) is 5.92 Å². The maximum absolute atomic E-state index is 12.2. The summed E-state index contributed by atoms with van der Waals surface area (Å²) in [5, 5.41) is 3.34. The Balaban J connectivity index is 1.56. The van der Waals surface area contributed by atoms with E-state index in [0.29, 0.717) is 24.3 Å². The molecule has 0 radical (unpaired) electrons. The first-order valence-electron chi connectivity index (χ1n) is 7.43. The molecule has 0 amide bonds. The monoisotopic (exact) mass is 298 g/mol.